The molecule has 0 aromatic heterocycles. The Bertz CT molecular complexity index is 373. The Labute approximate surface area is 102 Å². The maximum atomic E-state index is 11.9. The summed E-state index contributed by atoms with van der Waals surface area (Å²) in [6, 6.07) is 5.60. The van der Waals surface area contributed by atoms with Crippen molar-refractivity contribution in [2.45, 2.75) is 12.5 Å². The smallest absolute Gasteiger partial charge is 0.319 e. The second-order valence-corrected chi connectivity index (χ2v) is 3.68. The number of benzene rings is 1. The van der Waals surface area contributed by atoms with E-state index in [9.17, 15) is 13.6 Å². The Kier molecular flexibility index (Phi) is 5.11. The van der Waals surface area contributed by atoms with Crippen LogP contribution in [0.3, 0.4) is 0 Å². The Hall–Kier alpha value is -1.40. The van der Waals surface area contributed by atoms with Crippen molar-refractivity contribution >= 4 is 23.3 Å². The summed E-state index contributed by atoms with van der Waals surface area (Å²) in [5, 5.41) is 13.8. The average molecular weight is 265 g/mol. The largest absolute Gasteiger partial charge is 0.385 e. The summed E-state index contributed by atoms with van der Waals surface area (Å²) in [6.45, 7) is -0.517. The Morgan fingerprint density at radius 1 is 1.35 bits per heavy atom. The molecular weight excluding hydrogens is 254 g/mol. The van der Waals surface area contributed by atoms with Crippen LogP contribution in [-0.2, 0) is 0 Å². The standard InChI is InChI=1S/C10H11ClF2N2O2/c11-6-1-3-7(4-2-6)15-10(17)14-5-8(16)9(12)13/h1-4,8-9,16H,5H2,(H2,14,15,17). The first-order chi connectivity index (χ1) is 7.99. The molecule has 0 saturated carbocycles. The summed E-state index contributed by atoms with van der Waals surface area (Å²) in [6.07, 6.45) is -4.75. The number of aliphatic hydroxyl groups is 1. The summed E-state index contributed by atoms with van der Waals surface area (Å²) >= 11 is 5.64. The summed E-state index contributed by atoms with van der Waals surface area (Å²) in [5.41, 5.74) is 0.471. The Balaban J connectivity index is 2.37. The lowest BCUT2D eigenvalue weighted by atomic mass is 10.3. The van der Waals surface area contributed by atoms with E-state index in [1.54, 1.807) is 24.3 Å². The van der Waals surface area contributed by atoms with Crippen molar-refractivity contribution in [3.05, 3.63) is 29.3 Å². The highest BCUT2D eigenvalue weighted by molar-refractivity contribution is 6.30. The maximum Gasteiger partial charge on any atom is 0.319 e. The van der Waals surface area contributed by atoms with Crippen LogP contribution in [0.2, 0.25) is 5.02 Å². The van der Waals surface area contributed by atoms with Crippen LogP contribution >= 0.6 is 11.6 Å². The topological polar surface area (TPSA) is 61.4 Å². The van der Waals surface area contributed by atoms with Crippen molar-refractivity contribution in [2.75, 3.05) is 11.9 Å². The molecule has 1 aromatic rings. The highest BCUT2D eigenvalue weighted by Crippen LogP contribution is 2.13. The predicted molar refractivity (Wildman–Crippen MR) is 60.5 cm³/mol. The SMILES string of the molecule is O=C(NCC(O)C(F)F)Nc1ccc(Cl)cc1. The van der Waals surface area contributed by atoms with Gasteiger partial charge in [0.2, 0.25) is 0 Å². The molecule has 0 spiro atoms. The molecule has 0 aliphatic heterocycles. The fraction of sp³-hybridized carbons (Fsp3) is 0.300. The van der Waals surface area contributed by atoms with E-state index >= 15 is 0 Å². The van der Waals surface area contributed by atoms with E-state index in [0.717, 1.165) is 0 Å². The van der Waals surface area contributed by atoms with Crippen LogP contribution in [0, 0.1) is 0 Å². The van der Waals surface area contributed by atoms with Crippen molar-refractivity contribution in [3.63, 3.8) is 0 Å². The van der Waals surface area contributed by atoms with Gasteiger partial charge >= 0.3 is 6.03 Å². The molecule has 2 amide bonds. The number of hydrogen-bond acceptors (Lipinski definition) is 2. The monoisotopic (exact) mass is 264 g/mol. The van der Waals surface area contributed by atoms with Crippen molar-refractivity contribution in [3.8, 4) is 0 Å². The first-order valence-electron chi connectivity index (χ1n) is 4.75. The molecule has 3 N–H and O–H groups in total. The van der Waals surface area contributed by atoms with Gasteiger partial charge in [-0.15, -0.1) is 0 Å². The van der Waals surface area contributed by atoms with Crippen molar-refractivity contribution in [1.82, 2.24) is 5.32 Å². The van der Waals surface area contributed by atoms with Crippen molar-refractivity contribution in [1.29, 1.82) is 0 Å². The number of urea groups is 1. The zero-order valence-electron chi connectivity index (χ0n) is 8.66. The molecule has 1 atom stereocenters. The van der Waals surface area contributed by atoms with Crippen LogP contribution in [0.4, 0.5) is 19.3 Å². The number of carbonyl (C=O) groups is 1. The highest BCUT2D eigenvalue weighted by atomic mass is 35.5. The minimum Gasteiger partial charge on any atom is -0.385 e. The lowest BCUT2D eigenvalue weighted by Crippen LogP contribution is -2.38. The number of anilines is 1. The van der Waals surface area contributed by atoms with E-state index in [1.807, 2.05) is 0 Å². The van der Waals surface area contributed by atoms with Crippen LogP contribution in [0.5, 0.6) is 0 Å². The van der Waals surface area contributed by atoms with Gasteiger partial charge < -0.3 is 15.7 Å². The lowest BCUT2D eigenvalue weighted by Gasteiger charge is -2.11. The Morgan fingerprint density at radius 3 is 2.47 bits per heavy atom. The molecule has 0 bridgehead atoms. The molecule has 1 rings (SSSR count). The number of rotatable bonds is 4. The number of carbonyl (C=O) groups excluding carboxylic acids is 1. The van der Waals surface area contributed by atoms with E-state index in [4.69, 9.17) is 16.7 Å². The number of hydrogen-bond donors (Lipinski definition) is 3. The van der Waals surface area contributed by atoms with Crippen LogP contribution in [0.1, 0.15) is 0 Å². The van der Waals surface area contributed by atoms with E-state index in [-0.39, 0.29) is 0 Å². The minimum atomic E-state index is -2.88. The lowest BCUT2D eigenvalue weighted by molar-refractivity contribution is -0.00155. The van der Waals surface area contributed by atoms with Gasteiger partial charge in [-0.3, -0.25) is 0 Å². The van der Waals surface area contributed by atoms with E-state index in [2.05, 4.69) is 10.6 Å². The zero-order chi connectivity index (χ0) is 12.8. The molecule has 0 heterocycles. The quantitative estimate of drug-likeness (QED) is 0.780. The summed E-state index contributed by atoms with van der Waals surface area (Å²) < 4.78 is 23.8. The normalized spacial score (nSPS) is 12.3. The third kappa shape index (κ3) is 4.97. The molecule has 17 heavy (non-hydrogen) atoms. The van der Waals surface area contributed by atoms with Gasteiger partial charge in [0, 0.05) is 10.7 Å². The van der Waals surface area contributed by atoms with E-state index < -0.39 is 25.1 Å². The molecule has 4 nitrogen and oxygen atoms in total. The fourth-order valence-electron chi connectivity index (χ4n) is 0.995. The van der Waals surface area contributed by atoms with Crippen LogP contribution in [0.15, 0.2) is 24.3 Å². The molecular formula is C10H11ClF2N2O2. The maximum absolute atomic E-state index is 11.9. The van der Waals surface area contributed by atoms with Gasteiger partial charge in [0.25, 0.3) is 6.43 Å². The van der Waals surface area contributed by atoms with Gasteiger partial charge in [-0.1, -0.05) is 11.6 Å². The van der Waals surface area contributed by atoms with Crippen LogP contribution in [0.25, 0.3) is 0 Å². The number of alkyl halides is 2. The molecule has 1 unspecified atom stereocenters. The molecule has 1 aromatic carbocycles. The molecule has 0 saturated heterocycles. The second-order valence-electron chi connectivity index (χ2n) is 3.24. The molecule has 0 radical (unpaired) electrons. The summed E-state index contributed by atoms with van der Waals surface area (Å²) in [5.74, 6) is 0. The summed E-state index contributed by atoms with van der Waals surface area (Å²) in [7, 11) is 0. The van der Waals surface area contributed by atoms with Gasteiger partial charge in [-0.05, 0) is 24.3 Å². The fourth-order valence-corrected chi connectivity index (χ4v) is 1.12. The van der Waals surface area contributed by atoms with Crippen molar-refractivity contribution < 1.29 is 18.7 Å². The van der Waals surface area contributed by atoms with Gasteiger partial charge in [-0.2, -0.15) is 0 Å². The average Bonchev–Trinajstić information content (AvgIpc) is 2.29. The van der Waals surface area contributed by atoms with Gasteiger partial charge in [-0.25, -0.2) is 13.6 Å². The second kappa shape index (κ2) is 6.36. The number of halogens is 3. The van der Waals surface area contributed by atoms with Crippen LogP contribution in [-0.4, -0.2) is 30.2 Å². The minimum absolute atomic E-state index is 0.471. The van der Waals surface area contributed by atoms with Gasteiger partial charge in [0.05, 0.1) is 6.54 Å². The molecule has 94 valence electrons. The Morgan fingerprint density at radius 2 is 1.94 bits per heavy atom. The first kappa shape index (κ1) is 13.7. The van der Waals surface area contributed by atoms with Crippen LogP contribution < -0.4 is 10.6 Å². The third-order valence-electron chi connectivity index (χ3n) is 1.86. The molecule has 0 fully saturated rings. The highest BCUT2D eigenvalue weighted by Gasteiger charge is 2.17. The van der Waals surface area contributed by atoms with Gasteiger partial charge in [0.1, 0.15) is 6.10 Å². The molecule has 0 aliphatic rings. The number of nitrogens with one attached hydrogen (secondary N) is 2. The molecule has 0 aliphatic carbocycles. The summed E-state index contributed by atoms with van der Waals surface area (Å²) in [4.78, 5) is 11.2. The number of aliphatic hydroxyl groups excluding tert-OH is 1. The van der Waals surface area contributed by atoms with E-state index in [1.165, 1.54) is 0 Å². The molecule has 7 heteroatoms. The van der Waals surface area contributed by atoms with Crippen molar-refractivity contribution in [2.24, 2.45) is 0 Å². The van der Waals surface area contributed by atoms with Gasteiger partial charge in [0.15, 0.2) is 0 Å². The zero-order valence-corrected chi connectivity index (χ0v) is 9.42. The number of amides is 2. The predicted octanol–water partition coefficient (Wildman–Crippen LogP) is 2.09. The first-order valence-corrected chi connectivity index (χ1v) is 5.13. The third-order valence-corrected chi connectivity index (χ3v) is 2.12. The van der Waals surface area contributed by atoms with E-state index in [0.29, 0.717) is 10.7 Å².